The third-order valence-electron chi connectivity index (χ3n) is 3.97. The molecule has 1 unspecified atom stereocenters. The molecule has 2 aromatic carbocycles. The van der Waals surface area contributed by atoms with Gasteiger partial charge in [-0.1, -0.05) is 24.3 Å². The highest BCUT2D eigenvalue weighted by atomic mass is 19.1. The topological polar surface area (TPSA) is 58.6 Å². The molecular formula is C20H24FNO3. The van der Waals surface area contributed by atoms with Gasteiger partial charge in [-0.2, -0.15) is 0 Å². The molecule has 0 saturated carbocycles. The minimum absolute atomic E-state index is 0.0702. The fourth-order valence-corrected chi connectivity index (χ4v) is 2.45. The van der Waals surface area contributed by atoms with Crippen LogP contribution < -0.4 is 10.1 Å². The Morgan fingerprint density at radius 2 is 1.80 bits per heavy atom. The summed E-state index contributed by atoms with van der Waals surface area (Å²) in [6, 6.07) is 13.3. The van der Waals surface area contributed by atoms with E-state index in [1.54, 1.807) is 6.92 Å². The van der Waals surface area contributed by atoms with Crippen LogP contribution in [-0.4, -0.2) is 24.2 Å². The average Bonchev–Trinajstić information content (AvgIpc) is 2.60. The van der Waals surface area contributed by atoms with Crippen molar-refractivity contribution in [1.82, 2.24) is 5.32 Å². The van der Waals surface area contributed by atoms with Crippen molar-refractivity contribution in [2.45, 2.75) is 32.3 Å². The molecule has 1 atom stereocenters. The van der Waals surface area contributed by atoms with Gasteiger partial charge in [-0.25, -0.2) is 4.39 Å². The molecule has 2 aromatic rings. The van der Waals surface area contributed by atoms with Crippen molar-refractivity contribution in [1.29, 1.82) is 0 Å². The number of carbonyl (C=O) groups excluding carboxylic acids is 1. The van der Waals surface area contributed by atoms with E-state index in [1.165, 1.54) is 24.3 Å². The highest BCUT2D eigenvalue weighted by Gasteiger charge is 2.23. The van der Waals surface area contributed by atoms with Gasteiger partial charge in [0.05, 0.1) is 13.2 Å². The fourth-order valence-electron chi connectivity index (χ4n) is 2.45. The number of nitrogens with one attached hydrogen (secondary N) is 1. The quantitative estimate of drug-likeness (QED) is 0.772. The zero-order valence-electron chi connectivity index (χ0n) is 14.6. The molecule has 0 aromatic heterocycles. The first kappa shape index (κ1) is 18.9. The molecule has 4 nitrogen and oxygen atoms in total. The Balaban J connectivity index is 1.80. The molecule has 25 heavy (non-hydrogen) atoms. The number of aryl methyl sites for hydroxylation is 1. The number of aliphatic hydroxyl groups is 1. The van der Waals surface area contributed by atoms with Crippen LogP contribution in [0.25, 0.3) is 0 Å². The van der Waals surface area contributed by atoms with Crippen molar-refractivity contribution < 1.29 is 19.0 Å². The van der Waals surface area contributed by atoms with Gasteiger partial charge in [-0.05, 0) is 55.7 Å². The molecule has 0 spiro atoms. The molecule has 134 valence electrons. The summed E-state index contributed by atoms with van der Waals surface area (Å²) in [4.78, 5) is 12.0. The summed E-state index contributed by atoms with van der Waals surface area (Å²) >= 11 is 0. The predicted octanol–water partition coefficient (Wildman–Crippen LogP) is 3.18. The van der Waals surface area contributed by atoms with Crippen molar-refractivity contribution in [2.24, 2.45) is 0 Å². The van der Waals surface area contributed by atoms with Crippen molar-refractivity contribution in [3.05, 3.63) is 65.5 Å². The Labute approximate surface area is 147 Å². The Morgan fingerprint density at radius 3 is 2.40 bits per heavy atom. The summed E-state index contributed by atoms with van der Waals surface area (Å²) in [6.07, 6.45) is 0.935. The van der Waals surface area contributed by atoms with Crippen LogP contribution in [0.3, 0.4) is 0 Å². The average molecular weight is 345 g/mol. The molecule has 0 heterocycles. The molecule has 0 saturated heterocycles. The Kier molecular flexibility index (Phi) is 6.53. The van der Waals surface area contributed by atoms with Gasteiger partial charge in [0.1, 0.15) is 17.2 Å². The van der Waals surface area contributed by atoms with Crippen molar-refractivity contribution in [2.75, 3.05) is 13.2 Å². The lowest BCUT2D eigenvalue weighted by molar-refractivity contribution is -0.122. The smallest absolute Gasteiger partial charge is 0.220 e. The van der Waals surface area contributed by atoms with E-state index in [9.17, 15) is 14.3 Å². The SMILES string of the molecule is CCOc1ccc(CCC(=O)NCC(C)(O)c2ccc(F)cc2)cc1. The molecule has 1 amide bonds. The number of amides is 1. The maximum atomic E-state index is 13.0. The number of carbonyl (C=O) groups is 1. The van der Waals surface area contributed by atoms with Crippen LogP contribution in [0.2, 0.25) is 0 Å². The first-order valence-electron chi connectivity index (χ1n) is 8.37. The van der Waals surface area contributed by atoms with Gasteiger partial charge < -0.3 is 15.2 Å². The van der Waals surface area contributed by atoms with Gasteiger partial charge in [-0.15, -0.1) is 0 Å². The van der Waals surface area contributed by atoms with Crippen molar-refractivity contribution in [3.63, 3.8) is 0 Å². The molecule has 2 rings (SSSR count). The van der Waals surface area contributed by atoms with E-state index in [0.717, 1.165) is 11.3 Å². The standard InChI is InChI=1S/C20H24FNO3/c1-3-25-18-11-4-15(5-12-18)6-13-19(23)22-14-20(2,24)16-7-9-17(21)10-8-16/h4-5,7-12,24H,3,6,13-14H2,1-2H3,(H,22,23). The van der Waals surface area contributed by atoms with Gasteiger partial charge in [0.15, 0.2) is 0 Å². The second-order valence-corrected chi connectivity index (χ2v) is 6.13. The fraction of sp³-hybridized carbons (Fsp3) is 0.350. The molecule has 5 heteroatoms. The number of ether oxygens (including phenoxy) is 1. The Hall–Kier alpha value is -2.40. The zero-order valence-corrected chi connectivity index (χ0v) is 14.6. The summed E-state index contributed by atoms with van der Waals surface area (Å²) in [5, 5.41) is 13.2. The van der Waals surface area contributed by atoms with E-state index in [2.05, 4.69) is 5.32 Å². The number of hydrogen-bond donors (Lipinski definition) is 2. The molecule has 2 N–H and O–H groups in total. The van der Waals surface area contributed by atoms with E-state index in [0.29, 0.717) is 25.0 Å². The predicted molar refractivity (Wildman–Crippen MR) is 94.9 cm³/mol. The van der Waals surface area contributed by atoms with Crippen molar-refractivity contribution >= 4 is 5.91 Å². The van der Waals surface area contributed by atoms with Crippen LogP contribution >= 0.6 is 0 Å². The van der Waals surface area contributed by atoms with E-state index < -0.39 is 5.60 Å². The molecule has 0 aliphatic rings. The lowest BCUT2D eigenvalue weighted by atomic mass is 9.96. The zero-order chi connectivity index (χ0) is 18.3. The minimum Gasteiger partial charge on any atom is -0.494 e. The normalized spacial score (nSPS) is 13.1. The van der Waals surface area contributed by atoms with Crippen LogP contribution in [0.1, 0.15) is 31.4 Å². The molecule has 0 radical (unpaired) electrons. The first-order valence-corrected chi connectivity index (χ1v) is 8.37. The second-order valence-electron chi connectivity index (χ2n) is 6.13. The molecule has 0 fully saturated rings. The van der Waals surface area contributed by atoms with Gasteiger partial charge in [-0.3, -0.25) is 4.79 Å². The van der Waals surface area contributed by atoms with Crippen LogP contribution in [0.4, 0.5) is 4.39 Å². The lowest BCUT2D eigenvalue weighted by Crippen LogP contribution is -2.38. The number of hydrogen-bond acceptors (Lipinski definition) is 3. The largest absolute Gasteiger partial charge is 0.494 e. The minimum atomic E-state index is -1.25. The monoisotopic (exact) mass is 345 g/mol. The van der Waals surface area contributed by atoms with E-state index in [4.69, 9.17) is 4.74 Å². The number of halogens is 1. The summed E-state index contributed by atoms with van der Waals surface area (Å²) in [5.74, 6) is 0.307. The summed E-state index contributed by atoms with van der Waals surface area (Å²) in [5.41, 5.74) is 0.354. The van der Waals surface area contributed by atoms with E-state index in [1.807, 2.05) is 31.2 Å². The lowest BCUT2D eigenvalue weighted by Gasteiger charge is -2.24. The number of rotatable bonds is 8. The number of benzene rings is 2. The van der Waals surface area contributed by atoms with E-state index in [-0.39, 0.29) is 18.3 Å². The van der Waals surface area contributed by atoms with E-state index >= 15 is 0 Å². The maximum absolute atomic E-state index is 13.0. The highest BCUT2D eigenvalue weighted by molar-refractivity contribution is 5.76. The van der Waals surface area contributed by atoms with Crippen LogP contribution in [0.15, 0.2) is 48.5 Å². The molecule has 0 bridgehead atoms. The highest BCUT2D eigenvalue weighted by Crippen LogP contribution is 2.20. The third kappa shape index (κ3) is 5.87. The molecular weight excluding hydrogens is 321 g/mol. The summed E-state index contributed by atoms with van der Waals surface area (Å²) < 4.78 is 18.3. The van der Waals surface area contributed by atoms with Gasteiger partial charge in [0, 0.05) is 6.42 Å². The van der Waals surface area contributed by atoms with Crippen LogP contribution in [-0.2, 0) is 16.8 Å². The van der Waals surface area contributed by atoms with Crippen molar-refractivity contribution in [3.8, 4) is 5.75 Å². The van der Waals surface area contributed by atoms with Gasteiger partial charge in [0.25, 0.3) is 0 Å². The second kappa shape index (κ2) is 8.62. The van der Waals surface area contributed by atoms with Gasteiger partial charge >= 0.3 is 0 Å². The Morgan fingerprint density at radius 1 is 1.16 bits per heavy atom. The van der Waals surface area contributed by atoms with Crippen LogP contribution in [0, 0.1) is 5.82 Å². The third-order valence-corrected chi connectivity index (χ3v) is 3.97. The summed E-state index contributed by atoms with van der Waals surface area (Å²) in [7, 11) is 0. The van der Waals surface area contributed by atoms with Crippen LogP contribution in [0.5, 0.6) is 5.75 Å². The Bertz CT molecular complexity index is 681. The summed E-state index contributed by atoms with van der Waals surface area (Å²) in [6.45, 7) is 4.21. The maximum Gasteiger partial charge on any atom is 0.220 e. The molecule has 0 aliphatic carbocycles. The van der Waals surface area contributed by atoms with Gasteiger partial charge in [0.2, 0.25) is 5.91 Å². The molecule has 0 aliphatic heterocycles. The first-order chi connectivity index (χ1) is 11.9.